The van der Waals surface area contributed by atoms with Crippen molar-refractivity contribution in [2.75, 3.05) is 0 Å². The molecule has 0 bridgehead atoms. The zero-order valence-electron chi connectivity index (χ0n) is 11.3. The van der Waals surface area contributed by atoms with Gasteiger partial charge in [-0.15, -0.1) is 0 Å². The molecule has 89 valence electrons. The quantitative estimate of drug-likeness (QED) is 0.680. The zero-order valence-corrected chi connectivity index (χ0v) is 11.3. The van der Waals surface area contributed by atoms with E-state index in [9.17, 15) is 5.11 Å². The average molecular weight is 219 g/mol. The molecule has 0 aliphatic rings. The van der Waals surface area contributed by atoms with Crippen molar-refractivity contribution in [2.24, 2.45) is 0 Å². The van der Waals surface area contributed by atoms with Gasteiger partial charge in [-0.1, -0.05) is 59.7 Å². The molecule has 0 N–H and O–H groups in total. The molecular formula is C15H23O. The maximum absolute atomic E-state index is 12.4. The second-order valence-corrected chi connectivity index (χ2v) is 6.17. The van der Waals surface area contributed by atoms with E-state index in [1.165, 1.54) is 0 Å². The van der Waals surface area contributed by atoms with Crippen LogP contribution in [0.5, 0.6) is 5.75 Å². The molecule has 1 aromatic carbocycles. The van der Waals surface area contributed by atoms with Gasteiger partial charge in [0.1, 0.15) is 0 Å². The van der Waals surface area contributed by atoms with E-state index < -0.39 is 0 Å². The number of rotatable bonds is 2. The van der Waals surface area contributed by atoms with Crippen molar-refractivity contribution >= 4 is 0 Å². The molecule has 0 amide bonds. The summed E-state index contributed by atoms with van der Waals surface area (Å²) in [7, 11) is 0. The van der Waals surface area contributed by atoms with Gasteiger partial charge in [0.25, 0.3) is 0 Å². The lowest BCUT2D eigenvalue weighted by molar-refractivity contribution is 0.323. The monoisotopic (exact) mass is 219 g/mol. The summed E-state index contributed by atoms with van der Waals surface area (Å²) in [5.74, 6) is 0.224. The molecule has 0 spiro atoms. The van der Waals surface area contributed by atoms with Crippen LogP contribution < -0.4 is 0 Å². The van der Waals surface area contributed by atoms with Gasteiger partial charge in [0.05, 0.1) is 0 Å². The summed E-state index contributed by atoms with van der Waals surface area (Å²) < 4.78 is 0. The summed E-state index contributed by atoms with van der Waals surface area (Å²) in [5, 5.41) is 12.4. The van der Waals surface area contributed by atoms with Crippen molar-refractivity contribution in [1.29, 1.82) is 0 Å². The fourth-order valence-corrected chi connectivity index (χ4v) is 1.85. The highest BCUT2D eigenvalue weighted by molar-refractivity contribution is 5.47. The molecular weight excluding hydrogens is 196 g/mol. The second kappa shape index (κ2) is 4.12. The summed E-state index contributed by atoms with van der Waals surface area (Å²) in [6.07, 6.45) is 0.982. The summed E-state index contributed by atoms with van der Waals surface area (Å²) in [5.41, 5.74) is 1.77. The fraction of sp³-hybridized carbons (Fsp3) is 0.600. The Labute approximate surface area is 99.5 Å². The van der Waals surface area contributed by atoms with Crippen LogP contribution in [0, 0.1) is 0 Å². The van der Waals surface area contributed by atoms with Crippen LogP contribution in [-0.2, 0) is 15.9 Å². The lowest BCUT2D eigenvalue weighted by atomic mass is 9.77. The van der Waals surface area contributed by atoms with Crippen LogP contribution in [0.1, 0.15) is 59.1 Å². The van der Waals surface area contributed by atoms with E-state index >= 15 is 0 Å². The Kier molecular flexibility index (Phi) is 3.37. The Bertz CT molecular complexity index is 370. The van der Waals surface area contributed by atoms with Crippen molar-refractivity contribution in [3.8, 4) is 5.75 Å². The van der Waals surface area contributed by atoms with Gasteiger partial charge in [0, 0.05) is 11.1 Å². The molecule has 1 nitrogen and oxygen atoms in total. The number of para-hydroxylation sites is 1. The highest BCUT2D eigenvalue weighted by Crippen LogP contribution is 2.40. The first kappa shape index (κ1) is 13.1. The van der Waals surface area contributed by atoms with Crippen molar-refractivity contribution in [3.63, 3.8) is 0 Å². The molecule has 0 saturated carbocycles. The molecule has 1 radical (unpaired) electrons. The molecule has 1 rings (SSSR count). The van der Waals surface area contributed by atoms with E-state index in [4.69, 9.17) is 0 Å². The summed E-state index contributed by atoms with van der Waals surface area (Å²) in [6, 6.07) is 5.94. The molecule has 0 saturated heterocycles. The molecule has 0 heterocycles. The largest absolute Gasteiger partial charge is 0.289 e. The van der Waals surface area contributed by atoms with Gasteiger partial charge in [-0.3, -0.25) is 5.11 Å². The van der Waals surface area contributed by atoms with E-state index in [1.807, 2.05) is 18.2 Å². The highest BCUT2D eigenvalue weighted by atomic mass is 16.3. The van der Waals surface area contributed by atoms with Gasteiger partial charge in [-0.05, 0) is 17.3 Å². The van der Waals surface area contributed by atoms with E-state index in [0.29, 0.717) is 0 Å². The standard InChI is InChI=1S/C15H23O/c1-7-15(5,6)12-10-8-9-11(13(12)16)14(2,3)4/h8-10H,7H2,1-6H3. The maximum Gasteiger partial charge on any atom is 0.186 e. The Balaban J connectivity index is 3.36. The third kappa shape index (κ3) is 2.40. The first-order valence-electron chi connectivity index (χ1n) is 6.01. The van der Waals surface area contributed by atoms with Gasteiger partial charge >= 0.3 is 0 Å². The van der Waals surface area contributed by atoms with Crippen LogP contribution >= 0.6 is 0 Å². The maximum atomic E-state index is 12.4. The Hall–Kier alpha value is -0.980. The van der Waals surface area contributed by atoms with Gasteiger partial charge in [0.15, 0.2) is 5.75 Å². The third-order valence-electron chi connectivity index (χ3n) is 3.44. The number of benzene rings is 1. The minimum atomic E-state index is -0.0725. The zero-order chi connectivity index (χ0) is 12.6. The molecule has 0 aromatic heterocycles. The predicted octanol–water partition coefficient (Wildman–Crippen LogP) is 4.82. The average Bonchev–Trinajstić information content (AvgIpc) is 2.16. The summed E-state index contributed by atoms with van der Waals surface area (Å²) in [4.78, 5) is 0. The number of hydrogen-bond acceptors (Lipinski definition) is 0. The van der Waals surface area contributed by atoms with Crippen LogP contribution in [-0.4, -0.2) is 0 Å². The number of hydrogen-bond donors (Lipinski definition) is 0. The van der Waals surface area contributed by atoms with Gasteiger partial charge < -0.3 is 0 Å². The van der Waals surface area contributed by atoms with Crippen LogP contribution in [0.3, 0.4) is 0 Å². The van der Waals surface area contributed by atoms with Crippen LogP contribution in [0.4, 0.5) is 0 Å². The van der Waals surface area contributed by atoms with Gasteiger partial charge in [0.2, 0.25) is 0 Å². The highest BCUT2D eigenvalue weighted by Gasteiger charge is 2.27. The third-order valence-corrected chi connectivity index (χ3v) is 3.44. The minimum absolute atomic E-state index is 0.0294. The topological polar surface area (TPSA) is 19.9 Å². The molecule has 16 heavy (non-hydrogen) atoms. The van der Waals surface area contributed by atoms with Gasteiger partial charge in [-0.2, -0.15) is 0 Å². The molecule has 1 heteroatoms. The minimum Gasteiger partial charge on any atom is -0.289 e. The Morgan fingerprint density at radius 2 is 1.50 bits per heavy atom. The second-order valence-electron chi connectivity index (χ2n) is 6.17. The SMILES string of the molecule is CCC(C)(C)c1cccc(C(C)(C)C)c1[O]. The Morgan fingerprint density at radius 1 is 1.00 bits per heavy atom. The van der Waals surface area contributed by atoms with Crippen molar-refractivity contribution in [2.45, 2.75) is 58.8 Å². The summed E-state index contributed by atoms with van der Waals surface area (Å²) in [6.45, 7) is 12.7. The van der Waals surface area contributed by atoms with Crippen molar-refractivity contribution in [3.05, 3.63) is 29.3 Å². The summed E-state index contributed by atoms with van der Waals surface area (Å²) >= 11 is 0. The van der Waals surface area contributed by atoms with Crippen LogP contribution in [0.15, 0.2) is 18.2 Å². The molecule has 0 unspecified atom stereocenters. The normalized spacial score (nSPS) is 12.9. The molecule has 0 aliphatic heterocycles. The lowest BCUT2D eigenvalue weighted by Gasteiger charge is -2.27. The van der Waals surface area contributed by atoms with E-state index in [2.05, 4.69) is 41.5 Å². The first-order chi connectivity index (χ1) is 7.20. The fourth-order valence-electron chi connectivity index (χ4n) is 1.85. The smallest absolute Gasteiger partial charge is 0.186 e. The van der Waals surface area contributed by atoms with Crippen molar-refractivity contribution in [1.82, 2.24) is 0 Å². The first-order valence-corrected chi connectivity index (χ1v) is 6.01. The van der Waals surface area contributed by atoms with Gasteiger partial charge in [-0.25, -0.2) is 0 Å². The van der Waals surface area contributed by atoms with Crippen LogP contribution in [0.2, 0.25) is 0 Å². The van der Waals surface area contributed by atoms with Crippen LogP contribution in [0.25, 0.3) is 0 Å². The van der Waals surface area contributed by atoms with E-state index in [1.54, 1.807) is 0 Å². The van der Waals surface area contributed by atoms with E-state index in [0.717, 1.165) is 17.5 Å². The predicted molar refractivity (Wildman–Crippen MR) is 68.6 cm³/mol. The van der Waals surface area contributed by atoms with E-state index in [-0.39, 0.29) is 16.6 Å². The molecule has 0 atom stereocenters. The lowest BCUT2D eigenvalue weighted by Crippen LogP contribution is -2.18. The molecule has 0 fully saturated rings. The molecule has 0 aliphatic carbocycles. The van der Waals surface area contributed by atoms with Crippen molar-refractivity contribution < 1.29 is 5.11 Å². The molecule has 1 aromatic rings. The Morgan fingerprint density at radius 3 is 1.94 bits per heavy atom.